The van der Waals surface area contributed by atoms with Crippen LogP contribution in [0.15, 0.2) is 24.3 Å². The number of halogens is 1. The van der Waals surface area contributed by atoms with Crippen LogP contribution in [0, 0.1) is 11.8 Å². The molecule has 1 aromatic rings. The van der Waals surface area contributed by atoms with Crippen LogP contribution in [0.1, 0.15) is 38.3 Å². The number of benzene rings is 1. The Hall–Kier alpha value is -0.530. The summed E-state index contributed by atoms with van der Waals surface area (Å²) >= 11 is 5.90. The molecule has 1 aliphatic rings. The third-order valence-electron chi connectivity index (χ3n) is 3.58. The van der Waals surface area contributed by atoms with E-state index in [0.29, 0.717) is 6.04 Å². The summed E-state index contributed by atoms with van der Waals surface area (Å²) in [6, 6.07) is 8.67. The van der Waals surface area contributed by atoms with E-state index >= 15 is 0 Å². The summed E-state index contributed by atoms with van der Waals surface area (Å²) in [7, 11) is 0. The van der Waals surface area contributed by atoms with E-state index in [-0.39, 0.29) is 0 Å². The Kier molecular flexibility index (Phi) is 3.88. The molecule has 2 rings (SSSR count). The zero-order valence-corrected chi connectivity index (χ0v) is 10.8. The van der Waals surface area contributed by atoms with Crippen LogP contribution < -0.4 is 5.32 Å². The molecule has 1 nitrogen and oxygen atoms in total. The topological polar surface area (TPSA) is 12.0 Å². The average Bonchev–Trinajstić information content (AvgIpc) is 2.98. The molecule has 0 saturated heterocycles. The molecule has 3 atom stereocenters. The highest BCUT2D eigenvalue weighted by atomic mass is 35.5. The van der Waals surface area contributed by atoms with E-state index in [4.69, 9.17) is 11.6 Å². The molecule has 1 N–H and O–H groups in total. The zero-order chi connectivity index (χ0) is 11.5. The van der Waals surface area contributed by atoms with E-state index in [0.717, 1.165) is 29.8 Å². The van der Waals surface area contributed by atoms with Gasteiger partial charge in [-0.15, -0.1) is 0 Å². The van der Waals surface area contributed by atoms with Crippen LogP contribution in [-0.2, 0) is 0 Å². The number of hydrogen-bond donors (Lipinski definition) is 1. The van der Waals surface area contributed by atoms with Crippen molar-refractivity contribution in [3.63, 3.8) is 0 Å². The molecular formula is C14H20ClN. The van der Waals surface area contributed by atoms with Crippen LogP contribution in [0.4, 0.5) is 0 Å². The van der Waals surface area contributed by atoms with Gasteiger partial charge in [-0.25, -0.2) is 0 Å². The van der Waals surface area contributed by atoms with E-state index in [2.05, 4.69) is 31.3 Å². The standard InChI is InChI=1S/C14H20ClN/c1-3-14(16-9-12-8-10(12)2)11-4-6-13(15)7-5-11/h4-7,10,12,14,16H,3,8-9H2,1-2H3. The molecule has 0 heterocycles. The molecule has 88 valence electrons. The van der Waals surface area contributed by atoms with E-state index < -0.39 is 0 Å². The van der Waals surface area contributed by atoms with Crippen LogP contribution in [0.2, 0.25) is 5.02 Å². The molecule has 0 aliphatic heterocycles. The van der Waals surface area contributed by atoms with Crippen molar-refractivity contribution in [1.29, 1.82) is 0 Å². The summed E-state index contributed by atoms with van der Waals surface area (Å²) in [4.78, 5) is 0. The van der Waals surface area contributed by atoms with Gasteiger partial charge in [0.25, 0.3) is 0 Å². The lowest BCUT2D eigenvalue weighted by Gasteiger charge is -2.17. The molecule has 2 heteroatoms. The Morgan fingerprint density at radius 1 is 1.38 bits per heavy atom. The average molecular weight is 238 g/mol. The second-order valence-corrected chi connectivity index (χ2v) is 5.33. The minimum atomic E-state index is 0.477. The lowest BCUT2D eigenvalue weighted by molar-refractivity contribution is 0.493. The highest BCUT2D eigenvalue weighted by molar-refractivity contribution is 6.30. The summed E-state index contributed by atoms with van der Waals surface area (Å²) in [5.41, 5.74) is 1.35. The van der Waals surface area contributed by atoms with E-state index in [9.17, 15) is 0 Å². The van der Waals surface area contributed by atoms with Crippen molar-refractivity contribution in [1.82, 2.24) is 5.32 Å². The van der Waals surface area contributed by atoms with Gasteiger partial charge >= 0.3 is 0 Å². The molecule has 0 spiro atoms. The molecule has 16 heavy (non-hydrogen) atoms. The fourth-order valence-electron chi connectivity index (χ4n) is 2.17. The molecule has 0 aromatic heterocycles. The second-order valence-electron chi connectivity index (χ2n) is 4.89. The monoisotopic (exact) mass is 237 g/mol. The Morgan fingerprint density at radius 3 is 2.50 bits per heavy atom. The van der Waals surface area contributed by atoms with E-state index in [1.807, 2.05) is 12.1 Å². The van der Waals surface area contributed by atoms with Crippen LogP contribution in [0.3, 0.4) is 0 Å². The smallest absolute Gasteiger partial charge is 0.0406 e. The number of nitrogens with one attached hydrogen (secondary N) is 1. The van der Waals surface area contributed by atoms with Crippen LogP contribution in [0.25, 0.3) is 0 Å². The lowest BCUT2D eigenvalue weighted by Crippen LogP contribution is -2.23. The molecule has 1 aliphatic carbocycles. The first-order chi connectivity index (χ1) is 7.70. The van der Waals surface area contributed by atoms with Crippen LogP contribution in [-0.4, -0.2) is 6.54 Å². The summed E-state index contributed by atoms with van der Waals surface area (Å²) < 4.78 is 0. The van der Waals surface area contributed by atoms with Gasteiger partial charge in [-0.05, 0) is 48.9 Å². The number of rotatable bonds is 5. The van der Waals surface area contributed by atoms with Gasteiger partial charge in [-0.3, -0.25) is 0 Å². The van der Waals surface area contributed by atoms with Crippen molar-refractivity contribution in [3.8, 4) is 0 Å². The largest absolute Gasteiger partial charge is 0.310 e. The van der Waals surface area contributed by atoms with Crippen molar-refractivity contribution in [2.24, 2.45) is 11.8 Å². The quantitative estimate of drug-likeness (QED) is 0.815. The SMILES string of the molecule is CCC(NCC1CC1C)c1ccc(Cl)cc1. The summed E-state index contributed by atoms with van der Waals surface area (Å²) in [6.45, 7) is 5.71. The predicted molar refractivity (Wildman–Crippen MR) is 69.8 cm³/mol. The fraction of sp³-hybridized carbons (Fsp3) is 0.571. The first-order valence-corrected chi connectivity index (χ1v) is 6.57. The minimum absolute atomic E-state index is 0.477. The molecule has 3 unspecified atom stereocenters. The Labute approximate surface area is 103 Å². The van der Waals surface area contributed by atoms with Gasteiger partial charge in [0.2, 0.25) is 0 Å². The first-order valence-electron chi connectivity index (χ1n) is 6.19. The maximum atomic E-state index is 5.90. The van der Waals surface area contributed by atoms with Crippen molar-refractivity contribution in [2.45, 2.75) is 32.7 Å². The molecular weight excluding hydrogens is 218 g/mol. The Bertz CT molecular complexity index is 333. The highest BCUT2D eigenvalue weighted by Gasteiger charge is 2.32. The second kappa shape index (κ2) is 5.20. The molecule has 1 fully saturated rings. The predicted octanol–water partition coefficient (Wildman–Crippen LogP) is 4.04. The number of hydrogen-bond acceptors (Lipinski definition) is 1. The van der Waals surface area contributed by atoms with E-state index in [1.54, 1.807) is 0 Å². The van der Waals surface area contributed by atoms with Gasteiger partial charge in [0.1, 0.15) is 0 Å². The van der Waals surface area contributed by atoms with Gasteiger partial charge < -0.3 is 5.32 Å². The van der Waals surface area contributed by atoms with Gasteiger partial charge in [-0.1, -0.05) is 37.6 Å². The Balaban J connectivity index is 1.90. The third kappa shape index (κ3) is 2.99. The van der Waals surface area contributed by atoms with E-state index in [1.165, 1.54) is 12.0 Å². The van der Waals surface area contributed by atoms with Crippen molar-refractivity contribution in [3.05, 3.63) is 34.9 Å². The molecule has 0 amide bonds. The third-order valence-corrected chi connectivity index (χ3v) is 3.84. The highest BCUT2D eigenvalue weighted by Crippen LogP contribution is 2.37. The van der Waals surface area contributed by atoms with Crippen LogP contribution in [0.5, 0.6) is 0 Å². The van der Waals surface area contributed by atoms with Crippen molar-refractivity contribution in [2.75, 3.05) is 6.54 Å². The zero-order valence-electron chi connectivity index (χ0n) is 10.0. The first kappa shape index (κ1) is 11.9. The lowest BCUT2D eigenvalue weighted by atomic mass is 10.0. The molecule has 1 aromatic carbocycles. The van der Waals surface area contributed by atoms with Crippen LogP contribution >= 0.6 is 11.6 Å². The molecule has 1 saturated carbocycles. The van der Waals surface area contributed by atoms with Crippen molar-refractivity contribution >= 4 is 11.6 Å². The normalized spacial score (nSPS) is 25.4. The van der Waals surface area contributed by atoms with Gasteiger partial charge in [0.05, 0.1) is 0 Å². The summed E-state index contributed by atoms with van der Waals surface area (Å²) in [5.74, 6) is 1.83. The Morgan fingerprint density at radius 2 is 2.00 bits per heavy atom. The van der Waals surface area contributed by atoms with Crippen molar-refractivity contribution < 1.29 is 0 Å². The fourth-order valence-corrected chi connectivity index (χ4v) is 2.30. The minimum Gasteiger partial charge on any atom is -0.310 e. The van der Waals surface area contributed by atoms with Gasteiger partial charge in [0, 0.05) is 11.1 Å². The maximum Gasteiger partial charge on any atom is 0.0406 e. The molecule has 0 bridgehead atoms. The molecule has 0 radical (unpaired) electrons. The maximum absolute atomic E-state index is 5.90. The van der Waals surface area contributed by atoms with Gasteiger partial charge in [0.15, 0.2) is 0 Å². The summed E-state index contributed by atoms with van der Waals surface area (Å²) in [5, 5.41) is 4.47. The summed E-state index contributed by atoms with van der Waals surface area (Å²) in [6.07, 6.45) is 2.52. The van der Waals surface area contributed by atoms with Gasteiger partial charge in [-0.2, -0.15) is 0 Å².